The number of benzene rings is 2. The van der Waals surface area contributed by atoms with E-state index >= 15 is 0 Å². The molecule has 2 aliphatic rings. The number of Topliss-reactive ketones (excluding diaryl/α,β-unsaturated/α-hetero) is 1. The van der Waals surface area contributed by atoms with Gasteiger partial charge >= 0.3 is 0 Å². The Hall–Kier alpha value is -3.30. The summed E-state index contributed by atoms with van der Waals surface area (Å²) < 4.78 is 1.73. The molecule has 6 nitrogen and oxygen atoms in total. The number of carbonyl (C=O) groups excluding carboxylic acids is 1. The lowest BCUT2D eigenvalue weighted by molar-refractivity contribution is 0.0272. The lowest BCUT2D eigenvalue weighted by Gasteiger charge is -2.49. The van der Waals surface area contributed by atoms with Crippen LogP contribution in [0.3, 0.4) is 0 Å². The Morgan fingerprint density at radius 3 is 2.57 bits per heavy atom. The van der Waals surface area contributed by atoms with Gasteiger partial charge in [-0.05, 0) is 42.7 Å². The van der Waals surface area contributed by atoms with Gasteiger partial charge in [0.15, 0.2) is 5.78 Å². The van der Waals surface area contributed by atoms with Crippen molar-refractivity contribution < 1.29 is 4.79 Å². The molecule has 0 amide bonds. The van der Waals surface area contributed by atoms with Crippen molar-refractivity contribution in [3.05, 3.63) is 77.1 Å². The molecule has 2 aromatic carbocycles. The van der Waals surface area contributed by atoms with Crippen molar-refractivity contribution in [3.8, 4) is 11.8 Å². The van der Waals surface area contributed by atoms with E-state index in [9.17, 15) is 4.79 Å². The first kappa shape index (κ1) is 18.7. The third kappa shape index (κ3) is 3.12. The Bertz CT molecular complexity index is 1120. The molecule has 0 N–H and O–H groups in total. The largest absolute Gasteiger partial charge is 0.293 e. The molecular formula is C24H23N5O. The highest BCUT2D eigenvalue weighted by molar-refractivity contribution is 6.00. The fourth-order valence-electron chi connectivity index (χ4n) is 5.02. The molecule has 0 atom stereocenters. The molecule has 1 aliphatic heterocycles. The zero-order chi connectivity index (χ0) is 20.6. The Morgan fingerprint density at radius 1 is 1.03 bits per heavy atom. The number of hydrogen-bond acceptors (Lipinski definition) is 5. The Kier molecular flexibility index (Phi) is 4.68. The number of carbonyl (C=O) groups is 1. The van der Waals surface area contributed by atoms with Crippen LogP contribution in [-0.4, -0.2) is 32.2 Å². The number of aromatic nitrogens is 3. The maximum absolute atomic E-state index is 12.9. The average Bonchev–Trinajstić information content (AvgIpc) is 3.27. The van der Waals surface area contributed by atoms with E-state index in [0.29, 0.717) is 18.7 Å². The maximum Gasteiger partial charge on any atom is 0.177 e. The summed E-state index contributed by atoms with van der Waals surface area (Å²) >= 11 is 0. The van der Waals surface area contributed by atoms with Crippen LogP contribution in [0.15, 0.2) is 54.7 Å². The first-order valence-corrected chi connectivity index (χ1v) is 10.5. The number of nitrogens with zero attached hydrogens (tertiary/aromatic N) is 5. The molecule has 0 saturated heterocycles. The summed E-state index contributed by atoms with van der Waals surface area (Å²) in [6, 6.07) is 17.5. The summed E-state index contributed by atoms with van der Waals surface area (Å²) in [6.07, 6.45) is 7.67. The lowest BCUT2D eigenvalue weighted by atomic mass is 9.71. The molecule has 0 bridgehead atoms. The molecule has 30 heavy (non-hydrogen) atoms. The third-order valence-electron chi connectivity index (χ3n) is 6.50. The van der Waals surface area contributed by atoms with Gasteiger partial charge in [-0.2, -0.15) is 5.26 Å². The molecule has 2 heterocycles. The first-order valence-electron chi connectivity index (χ1n) is 10.5. The molecule has 0 radical (unpaired) electrons. The van der Waals surface area contributed by atoms with Crippen LogP contribution in [0.5, 0.6) is 0 Å². The monoisotopic (exact) mass is 397 g/mol. The van der Waals surface area contributed by atoms with Gasteiger partial charge in [-0.25, -0.2) is 4.68 Å². The number of rotatable bonds is 3. The lowest BCUT2D eigenvalue weighted by Crippen LogP contribution is -2.53. The standard InChI is InChI=1S/C24H23N5O/c25-14-18-8-10-20(11-9-18)29-16-19(26-27-29)15-28-17-23(30)21-6-2-3-7-22(21)24(28)12-4-1-5-13-24/h2-3,6-11,16H,1,4-5,12-13,15,17H2. The summed E-state index contributed by atoms with van der Waals surface area (Å²) in [5.74, 6) is 0.182. The Labute approximate surface area is 175 Å². The molecule has 1 aliphatic carbocycles. The second kappa shape index (κ2) is 7.51. The maximum atomic E-state index is 12.9. The molecular weight excluding hydrogens is 374 g/mol. The number of hydrogen-bond donors (Lipinski definition) is 0. The summed E-state index contributed by atoms with van der Waals surface area (Å²) in [6.45, 7) is 1.01. The van der Waals surface area contributed by atoms with E-state index < -0.39 is 0 Å². The van der Waals surface area contributed by atoms with Gasteiger partial charge in [-0.3, -0.25) is 9.69 Å². The Morgan fingerprint density at radius 2 is 1.80 bits per heavy atom. The van der Waals surface area contributed by atoms with E-state index in [4.69, 9.17) is 5.26 Å². The van der Waals surface area contributed by atoms with E-state index in [1.54, 1.807) is 16.8 Å². The SMILES string of the molecule is N#Cc1ccc(-n2cc(CN3CC(=O)c4ccccc4C34CCCCC4)nn2)cc1. The van der Waals surface area contributed by atoms with Crippen LogP contribution in [0, 0.1) is 11.3 Å². The highest BCUT2D eigenvalue weighted by atomic mass is 16.1. The van der Waals surface area contributed by atoms with Gasteiger partial charge in [0.05, 0.1) is 35.8 Å². The first-order chi connectivity index (χ1) is 14.7. The van der Waals surface area contributed by atoms with Crippen LogP contribution >= 0.6 is 0 Å². The van der Waals surface area contributed by atoms with E-state index in [1.807, 2.05) is 36.5 Å². The van der Waals surface area contributed by atoms with Crippen molar-refractivity contribution in [2.75, 3.05) is 6.54 Å². The minimum atomic E-state index is -0.0963. The number of nitriles is 1. The van der Waals surface area contributed by atoms with Crippen LogP contribution in [0.4, 0.5) is 0 Å². The summed E-state index contributed by atoms with van der Waals surface area (Å²) in [7, 11) is 0. The zero-order valence-electron chi connectivity index (χ0n) is 16.8. The van der Waals surface area contributed by atoms with E-state index in [1.165, 1.54) is 24.8 Å². The summed E-state index contributed by atoms with van der Waals surface area (Å²) in [5.41, 5.74) is 4.29. The minimum absolute atomic E-state index is 0.0963. The summed E-state index contributed by atoms with van der Waals surface area (Å²) in [5, 5.41) is 17.6. The molecule has 0 unspecified atom stereocenters. The molecule has 150 valence electrons. The van der Waals surface area contributed by atoms with Crippen molar-refractivity contribution in [2.45, 2.75) is 44.2 Å². The fraction of sp³-hybridized carbons (Fsp3) is 0.333. The van der Waals surface area contributed by atoms with Gasteiger partial charge in [0.25, 0.3) is 0 Å². The van der Waals surface area contributed by atoms with E-state index in [0.717, 1.165) is 29.8 Å². The van der Waals surface area contributed by atoms with Crippen LogP contribution in [0.2, 0.25) is 0 Å². The summed E-state index contributed by atoms with van der Waals surface area (Å²) in [4.78, 5) is 15.2. The fourth-order valence-corrected chi connectivity index (χ4v) is 5.02. The van der Waals surface area contributed by atoms with Gasteiger partial charge in [-0.1, -0.05) is 48.7 Å². The van der Waals surface area contributed by atoms with Crippen molar-refractivity contribution in [2.24, 2.45) is 0 Å². The second-order valence-corrected chi connectivity index (χ2v) is 8.23. The van der Waals surface area contributed by atoms with E-state index in [-0.39, 0.29) is 11.3 Å². The van der Waals surface area contributed by atoms with E-state index in [2.05, 4.69) is 27.3 Å². The second-order valence-electron chi connectivity index (χ2n) is 8.23. The average molecular weight is 397 g/mol. The molecule has 3 aromatic rings. The van der Waals surface area contributed by atoms with Gasteiger partial charge in [-0.15, -0.1) is 5.10 Å². The Balaban J connectivity index is 1.46. The van der Waals surface area contributed by atoms with Gasteiger partial charge in [0, 0.05) is 17.6 Å². The molecule has 1 spiro atoms. The smallest absolute Gasteiger partial charge is 0.177 e. The van der Waals surface area contributed by atoms with Crippen molar-refractivity contribution in [1.82, 2.24) is 19.9 Å². The molecule has 6 heteroatoms. The van der Waals surface area contributed by atoms with Gasteiger partial charge in [0.2, 0.25) is 0 Å². The van der Waals surface area contributed by atoms with Crippen molar-refractivity contribution >= 4 is 5.78 Å². The van der Waals surface area contributed by atoms with Crippen molar-refractivity contribution in [1.29, 1.82) is 5.26 Å². The highest BCUT2D eigenvalue weighted by Gasteiger charge is 2.45. The number of ketones is 1. The molecule has 1 saturated carbocycles. The van der Waals surface area contributed by atoms with Crippen LogP contribution < -0.4 is 0 Å². The predicted molar refractivity (Wildman–Crippen MR) is 112 cm³/mol. The predicted octanol–water partition coefficient (Wildman–Crippen LogP) is 4.00. The quantitative estimate of drug-likeness (QED) is 0.668. The normalized spacial score (nSPS) is 18.2. The number of fused-ring (bicyclic) bond motifs is 2. The van der Waals surface area contributed by atoms with Gasteiger partial charge < -0.3 is 0 Å². The highest BCUT2D eigenvalue weighted by Crippen LogP contribution is 2.46. The topological polar surface area (TPSA) is 74.8 Å². The van der Waals surface area contributed by atoms with Crippen LogP contribution in [0.25, 0.3) is 5.69 Å². The van der Waals surface area contributed by atoms with Crippen LogP contribution in [-0.2, 0) is 12.1 Å². The molecule has 1 aromatic heterocycles. The molecule has 1 fully saturated rings. The van der Waals surface area contributed by atoms with Gasteiger partial charge in [0.1, 0.15) is 0 Å². The van der Waals surface area contributed by atoms with Crippen LogP contribution in [0.1, 0.15) is 59.3 Å². The third-order valence-corrected chi connectivity index (χ3v) is 6.50. The molecule has 5 rings (SSSR count). The zero-order valence-corrected chi connectivity index (χ0v) is 16.8. The minimum Gasteiger partial charge on any atom is -0.293 e. The van der Waals surface area contributed by atoms with Crippen molar-refractivity contribution in [3.63, 3.8) is 0 Å².